The fraction of sp³-hybridized carbons (Fsp3) is 0.656. The smallest absolute Gasteiger partial charge is 0.408 e. The molecule has 1 saturated carbocycles. The number of benzene rings is 1. The summed E-state index contributed by atoms with van der Waals surface area (Å²) in [6.07, 6.45) is 2.74. The molecule has 2 amide bonds. The highest BCUT2D eigenvalue weighted by Gasteiger charge is 2.49. The van der Waals surface area contributed by atoms with Gasteiger partial charge in [-0.3, -0.25) is 4.79 Å². The number of alkyl halides is 2. The molecule has 3 aliphatic rings. The van der Waals surface area contributed by atoms with Crippen LogP contribution in [0.5, 0.6) is 5.88 Å². The summed E-state index contributed by atoms with van der Waals surface area (Å²) in [7, 11) is 0. The van der Waals surface area contributed by atoms with Crippen molar-refractivity contribution in [1.29, 1.82) is 0 Å². The molecule has 2 fully saturated rings. The number of carbonyl (C=O) groups is 3. The normalized spacial score (nSPS) is 30.3. The SMILES string of the molecule is CC[C@@H]1[C@@H]2CN(C(=O)[C@H](C(C)(C)C)NC(=O)O[C@@H]3CCC[C@H]3CCCCC(F)(F)c3nc4ccccc4nc3O2)[C@@H]1C=O. The van der Waals surface area contributed by atoms with Crippen LogP contribution >= 0.6 is 0 Å². The monoisotopic (exact) mass is 600 g/mol. The van der Waals surface area contributed by atoms with E-state index >= 15 is 8.78 Å². The lowest BCUT2D eigenvalue weighted by Crippen LogP contribution is -2.56. The van der Waals surface area contributed by atoms with E-state index in [4.69, 9.17) is 9.47 Å². The van der Waals surface area contributed by atoms with Crippen LogP contribution in [0.1, 0.15) is 84.8 Å². The Kier molecular flexibility index (Phi) is 8.90. The number of halogens is 2. The van der Waals surface area contributed by atoms with Crippen LogP contribution in [0, 0.1) is 17.3 Å². The molecule has 1 N–H and O–H groups in total. The van der Waals surface area contributed by atoms with Gasteiger partial charge in [0.1, 0.15) is 24.5 Å². The van der Waals surface area contributed by atoms with Gasteiger partial charge >= 0.3 is 6.09 Å². The fourth-order valence-electron chi connectivity index (χ4n) is 6.85. The molecule has 9 nitrogen and oxygen atoms in total. The van der Waals surface area contributed by atoms with Crippen LogP contribution in [0.15, 0.2) is 24.3 Å². The number of amides is 2. The van der Waals surface area contributed by atoms with E-state index in [0.717, 1.165) is 12.8 Å². The summed E-state index contributed by atoms with van der Waals surface area (Å²) in [4.78, 5) is 49.8. The van der Waals surface area contributed by atoms with Gasteiger partial charge in [0, 0.05) is 12.3 Å². The first-order valence-corrected chi connectivity index (χ1v) is 15.5. The number of rotatable bonds is 2. The first kappa shape index (κ1) is 31.1. The zero-order valence-corrected chi connectivity index (χ0v) is 25.4. The van der Waals surface area contributed by atoms with Crippen LogP contribution in [-0.4, -0.2) is 64.0 Å². The van der Waals surface area contributed by atoms with E-state index in [0.29, 0.717) is 43.0 Å². The quantitative estimate of drug-likeness (QED) is 0.435. The van der Waals surface area contributed by atoms with Gasteiger partial charge in [0.2, 0.25) is 11.8 Å². The number of alkyl carbamates (subject to hydrolysis) is 1. The standard InChI is InChI=1S/C32H42F2N4O5/c1-5-20-23(18-39)38-17-25(20)42-28-26(35-21-13-6-7-14-22(21)36-28)32(33,34)16-9-8-11-19-12-10-15-24(19)43-30(41)37-27(29(38)40)31(2,3)4/h6-7,13-14,18-20,23-25,27H,5,8-12,15-17H2,1-4H3,(H,37,41)/t19-,20+,23-,24-,25+,27-/m1/s1. The van der Waals surface area contributed by atoms with Gasteiger partial charge in [-0.25, -0.2) is 14.8 Å². The number of para-hydroxylation sites is 2. The van der Waals surface area contributed by atoms with Crippen molar-refractivity contribution >= 4 is 29.3 Å². The molecule has 1 aromatic heterocycles. The summed E-state index contributed by atoms with van der Waals surface area (Å²) in [5.41, 5.74) is -0.495. The molecule has 0 radical (unpaired) electrons. The molecule has 11 heteroatoms. The minimum Gasteiger partial charge on any atom is -0.471 e. The summed E-state index contributed by atoms with van der Waals surface area (Å²) < 4.78 is 43.9. The second kappa shape index (κ2) is 12.3. The number of fused-ring (bicyclic) bond motifs is 5. The highest BCUT2D eigenvalue weighted by atomic mass is 19.3. The average molecular weight is 601 g/mol. The topological polar surface area (TPSA) is 111 Å². The first-order chi connectivity index (χ1) is 20.4. The predicted molar refractivity (Wildman–Crippen MR) is 156 cm³/mol. The third-order valence-electron chi connectivity index (χ3n) is 9.23. The molecule has 2 aromatic rings. The molecule has 3 heterocycles. The molecule has 2 bridgehead atoms. The van der Waals surface area contributed by atoms with Crippen molar-refractivity contribution in [2.24, 2.45) is 17.3 Å². The summed E-state index contributed by atoms with van der Waals surface area (Å²) in [5.74, 6) is -4.47. The van der Waals surface area contributed by atoms with Gasteiger partial charge in [-0.15, -0.1) is 0 Å². The molecule has 0 unspecified atom stereocenters. The van der Waals surface area contributed by atoms with E-state index in [-0.39, 0.29) is 30.9 Å². The molecule has 5 rings (SSSR count). The molecule has 2 aliphatic heterocycles. The number of aromatic nitrogens is 2. The van der Waals surface area contributed by atoms with Crippen molar-refractivity contribution in [1.82, 2.24) is 20.2 Å². The van der Waals surface area contributed by atoms with Crippen LogP contribution in [0.3, 0.4) is 0 Å². The molecule has 234 valence electrons. The maximum absolute atomic E-state index is 15.9. The van der Waals surface area contributed by atoms with E-state index in [1.165, 1.54) is 4.90 Å². The zero-order valence-electron chi connectivity index (χ0n) is 25.4. The first-order valence-electron chi connectivity index (χ1n) is 15.5. The Morgan fingerprint density at radius 3 is 2.40 bits per heavy atom. The Morgan fingerprint density at radius 2 is 1.72 bits per heavy atom. The Morgan fingerprint density at radius 1 is 1.02 bits per heavy atom. The van der Waals surface area contributed by atoms with Crippen LogP contribution < -0.4 is 10.1 Å². The molecule has 0 spiro atoms. The minimum atomic E-state index is -3.32. The molecule has 6 atom stereocenters. The number of nitrogens with one attached hydrogen (secondary N) is 1. The number of ether oxygens (including phenoxy) is 2. The van der Waals surface area contributed by atoms with E-state index in [1.807, 2.05) is 27.7 Å². The van der Waals surface area contributed by atoms with Crippen molar-refractivity contribution in [3.8, 4) is 5.88 Å². The highest BCUT2D eigenvalue weighted by Crippen LogP contribution is 2.41. The lowest BCUT2D eigenvalue weighted by molar-refractivity contribution is -0.139. The van der Waals surface area contributed by atoms with Gasteiger partial charge in [0.15, 0.2) is 5.69 Å². The van der Waals surface area contributed by atoms with E-state index in [9.17, 15) is 14.4 Å². The number of hydrogen-bond donors (Lipinski definition) is 1. The summed E-state index contributed by atoms with van der Waals surface area (Å²) in [5, 5.41) is 2.80. The van der Waals surface area contributed by atoms with E-state index in [1.54, 1.807) is 24.3 Å². The third kappa shape index (κ3) is 6.45. The second-order valence-corrected chi connectivity index (χ2v) is 13.2. The van der Waals surface area contributed by atoms with Crippen molar-refractivity contribution in [2.75, 3.05) is 6.54 Å². The molecule has 1 aliphatic carbocycles. The number of aldehydes is 1. The Bertz CT molecular complexity index is 1350. The van der Waals surface area contributed by atoms with Crippen molar-refractivity contribution < 1.29 is 32.6 Å². The lowest BCUT2D eigenvalue weighted by Gasteiger charge is -2.35. The Balaban J connectivity index is 1.56. The van der Waals surface area contributed by atoms with Crippen molar-refractivity contribution in [2.45, 2.75) is 109 Å². The molecule has 1 saturated heterocycles. The van der Waals surface area contributed by atoms with Crippen LogP contribution in [-0.2, 0) is 20.2 Å². The van der Waals surface area contributed by atoms with Crippen molar-refractivity contribution in [3.05, 3.63) is 30.0 Å². The summed E-state index contributed by atoms with van der Waals surface area (Å²) >= 11 is 0. The fourth-order valence-corrected chi connectivity index (χ4v) is 6.85. The molecular weight excluding hydrogens is 558 g/mol. The zero-order chi connectivity index (χ0) is 30.9. The Hall–Kier alpha value is -3.37. The van der Waals surface area contributed by atoms with Gasteiger partial charge < -0.3 is 24.5 Å². The Labute approximate surface area is 251 Å². The van der Waals surface area contributed by atoms with Gasteiger partial charge in [0.05, 0.1) is 23.6 Å². The minimum absolute atomic E-state index is 0.0335. The predicted octanol–water partition coefficient (Wildman–Crippen LogP) is 5.79. The maximum atomic E-state index is 15.9. The van der Waals surface area contributed by atoms with Crippen LogP contribution in [0.4, 0.5) is 13.6 Å². The van der Waals surface area contributed by atoms with Crippen LogP contribution in [0.2, 0.25) is 0 Å². The average Bonchev–Trinajstić information content (AvgIpc) is 3.55. The molecule has 1 aromatic carbocycles. The van der Waals surface area contributed by atoms with E-state index < -0.39 is 59.6 Å². The maximum Gasteiger partial charge on any atom is 0.408 e. The lowest BCUT2D eigenvalue weighted by atomic mass is 9.85. The summed E-state index contributed by atoms with van der Waals surface area (Å²) in [6.45, 7) is 7.31. The van der Waals surface area contributed by atoms with Crippen molar-refractivity contribution in [3.63, 3.8) is 0 Å². The van der Waals surface area contributed by atoms with Crippen LogP contribution in [0.25, 0.3) is 11.0 Å². The number of carbonyl (C=O) groups excluding carboxylic acids is 3. The van der Waals surface area contributed by atoms with Gasteiger partial charge in [-0.1, -0.05) is 46.2 Å². The summed E-state index contributed by atoms with van der Waals surface area (Å²) in [6, 6.07) is 4.93. The van der Waals surface area contributed by atoms with Gasteiger partial charge in [0.25, 0.3) is 5.92 Å². The largest absolute Gasteiger partial charge is 0.471 e. The number of hydrogen-bond acceptors (Lipinski definition) is 7. The van der Waals surface area contributed by atoms with E-state index in [2.05, 4.69) is 15.3 Å². The van der Waals surface area contributed by atoms with Gasteiger partial charge in [-0.05, 0) is 62.0 Å². The van der Waals surface area contributed by atoms with Gasteiger partial charge in [-0.2, -0.15) is 8.78 Å². The highest BCUT2D eigenvalue weighted by molar-refractivity contribution is 5.89. The second-order valence-electron chi connectivity index (χ2n) is 13.2. The molecule has 43 heavy (non-hydrogen) atoms. The molecular formula is C32H42F2N4O5. The number of nitrogens with zero attached hydrogens (tertiary/aromatic N) is 3. The third-order valence-corrected chi connectivity index (χ3v) is 9.23.